The first-order valence-electron chi connectivity index (χ1n) is 7.39. The summed E-state index contributed by atoms with van der Waals surface area (Å²) >= 11 is 0. The molecule has 6 nitrogen and oxygen atoms in total. The van der Waals surface area contributed by atoms with E-state index in [1.807, 2.05) is 0 Å². The van der Waals surface area contributed by atoms with Gasteiger partial charge < -0.3 is 10.0 Å². The third kappa shape index (κ3) is 4.06. The number of hydrogen-bond donors (Lipinski definition) is 2. The van der Waals surface area contributed by atoms with Gasteiger partial charge in [-0.1, -0.05) is 0 Å². The van der Waals surface area contributed by atoms with E-state index in [0.29, 0.717) is 6.04 Å². The van der Waals surface area contributed by atoms with E-state index >= 15 is 0 Å². The molecule has 0 bridgehead atoms. The van der Waals surface area contributed by atoms with Crippen LogP contribution in [0.1, 0.15) is 37.0 Å². The molecule has 1 aromatic carbocycles. The first kappa shape index (κ1) is 16.9. The standard InChI is InChI=1S/C15H22N2O4S/c1-11(2)17-9-7-13(8-10-17)16-22(20,21)14-5-3-12(4-6-14)15(18)19/h3-6,11,13,16H,7-10H2,1-2H3,(H,18,19). The summed E-state index contributed by atoms with van der Waals surface area (Å²) in [6.45, 7) is 6.02. The lowest BCUT2D eigenvalue weighted by Crippen LogP contribution is -2.46. The van der Waals surface area contributed by atoms with E-state index in [-0.39, 0.29) is 16.5 Å². The van der Waals surface area contributed by atoms with Crippen molar-refractivity contribution in [3.8, 4) is 0 Å². The first-order valence-corrected chi connectivity index (χ1v) is 8.87. The third-order valence-electron chi connectivity index (χ3n) is 3.99. The molecule has 0 saturated carbocycles. The molecule has 122 valence electrons. The molecule has 22 heavy (non-hydrogen) atoms. The van der Waals surface area contributed by atoms with Gasteiger partial charge in [0, 0.05) is 12.1 Å². The number of hydrogen-bond acceptors (Lipinski definition) is 4. The molecule has 1 aliphatic heterocycles. The number of aromatic carboxylic acids is 1. The van der Waals surface area contributed by atoms with E-state index in [4.69, 9.17) is 5.11 Å². The van der Waals surface area contributed by atoms with Crippen LogP contribution in [-0.2, 0) is 10.0 Å². The predicted octanol–water partition coefficient (Wildman–Crippen LogP) is 1.54. The maximum atomic E-state index is 12.3. The zero-order valence-corrected chi connectivity index (χ0v) is 13.6. The zero-order chi connectivity index (χ0) is 16.3. The van der Waals surface area contributed by atoms with Crippen LogP contribution in [0.3, 0.4) is 0 Å². The molecule has 1 aliphatic rings. The smallest absolute Gasteiger partial charge is 0.335 e. The Balaban J connectivity index is 2.01. The van der Waals surface area contributed by atoms with Crippen molar-refractivity contribution in [1.29, 1.82) is 0 Å². The first-order chi connectivity index (χ1) is 10.3. The van der Waals surface area contributed by atoms with E-state index in [0.717, 1.165) is 25.9 Å². The summed E-state index contributed by atoms with van der Waals surface area (Å²) in [5.41, 5.74) is 0.0733. The molecule has 2 N–H and O–H groups in total. The van der Waals surface area contributed by atoms with Crippen molar-refractivity contribution in [2.45, 2.75) is 43.7 Å². The SMILES string of the molecule is CC(C)N1CCC(NS(=O)(=O)c2ccc(C(=O)O)cc2)CC1. The van der Waals surface area contributed by atoms with Crippen molar-refractivity contribution >= 4 is 16.0 Å². The normalized spacial score (nSPS) is 17.8. The van der Waals surface area contributed by atoms with Crippen LogP contribution in [0.15, 0.2) is 29.2 Å². The maximum Gasteiger partial charge on any atom is 0.335 e. The molecule has 0 unspecified atom stereocenters. The Morgan fingerprint density at radius 2 is 1.77 bits per heavy atom. The second kappa shape index (κ2) is 6.76. The van der Waals surface area contributed by atoms with Crippen LogP contribution in [0.4, 0.5) is 0 Å². The Morgan fingerprint density at radius 1 is 1.23 bits per heavy atom. The van der Waals surface area contributed by atoms with Gasteiger partial charge in [-0.25, -0.2) is 17.9 Å². The highest BCUT2D eigenvalue weighted by Gasteiger charge is 2.25. The predicted molar refractivity (Wildman–Crippen MR) is 83.5 cm³/mol. The van der Waals surface area contributed by atoms with E-state index in [9.17, 15) is 13.2 Å². The molecule has 7 heteroatoms. The van der Waals surface area contributed by atoms with Crippen LogP contribution >= 0.6 is 0 Å². The molecule has 1 saturated heterocycles. The van der Waals surface area contributed by atoms with Gasteiger partial charge in [0.2, 0.25) is 10.0 Å². The molecule has 0 amide bonds. The number of nitrogens with one attached hydrogen (secondary N) is 1. The van der Waals surface area contributed by atoms with Gasteiger partial charge in [0.15, 0.2) is 0 Å². The number of piperidine rings is 1. The van der Waals surface area contributed by atoms with Crippen LogP contribution < -0.4 is 4.72 Å². The van der Waals surface area contributed by atoms with Crippen molar-refractivity contribution in [3.63, 3.8) is 0 Å². The molecule has 0 atom stereocenters. The van der Waals surface area contributed by atoms with Crippen molar-refractivity contribution in [1.82, 2.24) is 9.62 Å². The Kier molecular flexibility index (Phi) is 5.20. The molecule has 2 rings (SSSR count). The summed E-state index contributed by atoms with van der Waals surface area (Å²) in [5.74, 6) is -1.07. The van der Waals surface area contributed by atoms with Crippen LogP contribution in [0, 0.1) is 0 Å². The number of benzene rings is 1. The van der Waals surface area contributed by atoms with Gasteiger partial charge in [-0.05, 0) is 64.0 Å². The largest absolute Gasteiger partial charge is 0.478 e. The van der Waals surface area contributed by atoms with E-state index in [1.165, 1.54) is 24.3 Å². The number of sulfonamides is 1. The number of carbonyl (C=O) groups is 1. The van der Waals surface area contributed by atoms with Crippen LogP contribution in [0.2, 0.25) is 0 Å². The third-order valence-corrected chi connectivity index (χ3v) is 5.53. The fourth-order valence-corrected chi connectivity index (χ4v) is 3.90. The number of carboxylic acid groups (broad SMARTS) is 1. The van der Waals surface area contributed by atoms with E-state index < -0.39 is 16.0 Å². The fourth-order valence-electron chi connectivity index (χ4n) is 2.60. The molecule has 0 aromatic heterocycles. The second-order valence-electron chi connectivity index (χ2n) is 5.85. The highest BCUT2D eigenvalue weighted by atomic mass is 32.2. The maximum absolute atomic E-state index is 12.3. The summed E-state index contributed by atoms with van der Waals surface area (Å²) in [4.78, 5) is 13.2. The minimum Gasteiger partial charge on any atom is -0.478 e. The minimum atomic E-state index is -3.60. The monoisotopic (exact) mass is 326 g/mol. The summed E-state index contributed by atoms with van der Waals surface area (Å²) in [7, 11) is -3.60. The average molecular weight is 326 g/mol. The van der Waals surface area contributed by atoms with Gasteiger partial charge in [-0.15, -0.1) is 0 Å². The summed E-state index contributed by atoms with van der Waals surface area (Å²) in [6, 6.07) is 5.67. The quantitative estimate of drug-likeness (QED) is 0.857. The Labute approximate surface area is 131 Å². The number of nitrogens with zero attached hydrogens (tertiary/aromatic N) is 1. The van der Waals surface area contributed by atoms with Gasteiger partial charge in [0.25, 0.3) is 0 Å². The molecule has 1 heterocycles. The lowest BCUT2D eigenvalue weighted by Gasteiger charge is -2.34. The van der Waals surface area contributed by atoms with Gasteiger partial charge in [-0.2, -0.15) is 0 Å². The Bertz CT molecular complexity index is 617. The van der Waals surface area contributed by atoms with Crippen LogP contribution in [-0.4, -0.2) is 49.6 Å². The highest BCUT2D eigenvalue weighted by molar-refractivity contribution is 7.89. The number of carboxylic acids is 1. The number of likely N-dealkylation sites (tertiary alicyclic amines) is 1. The Hall–Kier alpha value is -1.44. The summed E-state index contributed by atoms with van der Waals surface area (Å²) < 4.78 is 27.4. The summed E-state index contributed by atoms with van der Waals surface area (Å²) in [5, 5.41) is 8.84. The molecular formula is C15H22N2O4S. The van der Waals surface area contributed by atoms with Crippen molar-refractivity contribution in [3.05, 3.63) is 29.8 Å². The lowest BCUT2D eigenvalue weighted by atomic mass is 10.1. The molecule has 0 aliphatic carbocycles. The fraction of sp³-hybridized carbons (Fsp3) is 0.533. The van der Waals surface area contributed by atoms with Gasteiger partial charge in [-0.3, -0.25) is 0 Å². The van der Waals surface area contributed by atoms with Crippen molar-refractivity contribution < 1.29 is 18.3 Å². The van der Waals surface area contributed by atoms with Crippen LogP contribution in [0.25, 0.3) is 0 Å². The van der Waals surface area contributed by atoms with Crippen molar-refractivity contribution in [2.24, 2.45) is 0 Å². The lowest BCUT2D eigenvalue weighted by molar-refractivity contribution is 0.0696. The molecular weight excluding hydrogens is 304 g/mol. The van der Waals surface area contributed by atoms with Gasteiger partial charge in [0.1, 0.15) is 0 Å². The van der Waals surface area contributed by atoms with Gasteiger partial charge >= 0.3 is 5.97 Å². The van der Waals surface area contributed by atoms with E-state index in [2.05, 4.69) is 23.5 Å². The molecule has 1 fully saturated rings. The minimum absolute atomic E-state index is 0.0702. The highest BCUT2D eigenvalue weighted by Crippen LogP contribution is 2.17. The van der Waals surface area contributed by atoms with Crippen LogP contribution in [0.5, 0.6) is 0 Å². The van der Waals surface area contributed by atoms with Crippen molar-refractivity contribution in [2.75, 3.05) is 13.1 Å². The van der Waals surface area contributed by atoms with E-state index in [1.54, 1.807) is 0 Å². The molecule has 1 aromatic rings. The zero-order valence-electron chi connectivity index (χ0n) is 12.8. The average Bonchev–Trinajstić information content (AvgIpc) is 2.47. The second-order valence-corrected chi connectivity index (χ2v) is 7.57. The molecule has 0 spiro atoms. The summed E-state index contributed by atoms with van der Waals surface area (Å²) in [6.07, 6.45) is 1.56. The van der Waals surface area contributed by atoms with Gasteiger partial charge in [0.05, 0.1) is 10.5 Å². The number of rotatable bonds is 5. The molecule has 0 radical (unpaired) electrons. The Morgan fingerprint density at radius 3 is 2.23 bits per heavy atom. The topological polar surface area (TPSA) is 86.7 Å².